The highest BCUT2D eigenvalue weighted by atomic mass is 32.2. The minimum Gasteiger partial charge on any atom is -0.493 e. The van der Waals surface area contributed by atoms with Crippen molar-refractivity contribution in [2.24, 2.45) is 11.0 Å². The van der Waals surface area contributed by atoms with Gasteiger partial charge < -0.3 is 27.8 Å². The summed E-state index contributed by atoms with van der Waals surface area (Å²) in [6.07, 6.45) is 4.88. The molecule has 0 bridgehead atoms. The molecule has 1 aliphatic heterocycles. The van der Waals surface area contributed by atoms with Crippen LogP contribution in [-0.2, 0) is 23.1 Å². The number of esters is 1. The van der Waals surface area contributed by atoms with Crippen molar-refractivity contribution in [2.45, 2.75) is 185 Å². The maximum atomic E-state index is 14.4. The van der Waals surface area contributed by atoms with Crippen molar-refractivity contribution in [2.75, 3.05) is 19.8 Å². The molecule has 0 radical (unpaired) electrons. The van der Waals surface area contributed by atoms with Gasteiger partial charge in [0, 0.05) is 41.3 Å². The molecule has 2 unspecified atom stereocenters. The quantitative estimate of drug-likeness (QED) is 0.00940. The van der Waals surface area contributed by atoms with Gasteiger partial charge in [-0.1, -0.05) is 170 Å². The van der Waals surface area contributed by atoms with Crippen LogP contribution in [0.2, 0.25) is 48.9 Å². The molecule has 0 spiro atoms. The van der Waals surface area contributed by atoms with Crippen molar-refractivity contribution >= 4 is 52.8 Å². The van der Waals surface area contributed by atoms with E-state index in [-0.39, 0.29) is 39.4 Å². The summed E-state index contributed by atoms with van der Waals surface area (Å²) in [5.74, 6) is -0.606. The highest BCUT2D eigenvalue weighted by molar-refractivity contribution is 7.99. The number of thioether (sulfide) groups is 1. The molecule has 1 saturated heterocycles. The van der Waals surface area contributed by atoms with Gasteiger partial charge in [0.25, 0.3) is 8.32 Å². The van der Waals surface area contributed by atoms with Crippen LogP contribution in [0.3, 0.4) is 0 Å². The molecule has 0 aliphatic carbocycles. The lowest BCUT2D eigenvalue weighted by atomic mass is 9.93. The number of hydrogen-bond acceptors (Lipinski definition) is 9. The van der Waals surface area contributed by atoms with E-state index in [0.717, 1.165) is 22.1 Å². The molecule has 4 aromatic rings. The number of nitrogens with zero attached hydrogens (tertiary/aromatic N) is 3. The predicted molar refractivity (Wildman–Crippen MR) is 310 cm³/mol. The molecular formula is C59H87N3O7SSi3. The normalized spacial score (nSPS) is 18.2. The molecule has 0 N–H and O–H groups in total. The van der Waals surface area contributed by atoms with E-state index >= 15 is 0 Å². The molecule has 10 nitrogen and oxygen atoms in total. The number of aryl methyl sites for hydroxylation is 1. The van der Waals surface area contributed by atoms with Gasteiger partial charge in [0.05, 0.1) is 31.0 Å². The van der Waals surface area contributed by atoms with E-state index in [1.165, 1.54) is 10.4 Å². The third kappa shape index (κ3) is 16.3. The van der Waals surface area contributed by atoms with Crippen molar-refractivity contribution < 1.29 is 32.6 Å². The van der Waals surface area contributed by atoms with Crippen molar-refractivity contribution in [3.8, 4) is 5.75 Å². The van der Waals surface area contributed by atoms with E-state index in [0.29, 0.717) is 50.3 Å². The van der Waals surface area contributed by atoms with Gasteiger partial charge in [-0.05, 0) is 122 Å². The maximum absolute atomic E-state index is 14.4. The summed E-state index contributed by atoms with van der Waals surface area (Å²) in [5.41, 5.74) is 11.1. The average molecular weight is 1070 g/mol. The lowest BCUT2D eigenvalue weighted by Gasteiger charge is -2.45. The number of rotatable bonds is 25. The van der Waals surface area contributed by atoms with E-state index in [4.69, 9.17) is 33.3 Å². The number of benzene rings is 4. The van der Waals surface area contributed by atoms with Gasteiger partial charge in [-0.15, -0.1) is 11.8 Å². The third-order valence-electron chi connectivity index (χ3n) is 14.4. The van der Waals surface area contributed by atoms with Gasteiger partial charge in [-0.25, -0.2) is 4.79 Å². The van der Waals surface area contributed by atoms with Crippen LogP contribution < -0.4 is 15.1 Å². The number of carbonyl (C=O) groups excluding carboxylic acids is 1. The highest BCUT2D eigenvalue weighted by Crippen LogP contribution is 2.48. The molecule has 5 rings (SSSR count). The van der Waals surface area contributed by atoms with E-state index in [9.17, 15) is 4.79 Å². The van der Waals surface area contributed by atoms with Gasteiger partial charge in [0.15, 0.2) is 14.1 Å². The lowest BCUT2D eigenvalue weighted by Crippen LogP contribution is -2.67. The van der Waals surface area contributed by atoms with E-state index in [2.05, 4.69) is 183 Å². The molecule has 398 valence electrons. The van der Waals surface area contributed by atoms with Gasteiger partial charge in [-0.3, -0.25) is 0 Å². The van der Waals surface area contributed by atoms with Crippen LogP contribution in [0.5, 0.6) is 5.75 Å². The molecule has 1 heterocycles. The van der Waals surface area contributed by atoms with Crippen LogP contribution in [0.25, 0.3) is 10.4 Å². The zero-order valence-electron chi connectivity index (χ0n) is 47.0. The van der Waals surface area contributed by atoms with Crippen LogP contribution >= 0.6 is 11.8 Å². The molecule has 0 saturated carbocycles. The fraction of sp³-hybridized carbons (Fsp3) is 0.542. The molecule has 4 aromatic carbocycles. The van der Waals surface area contributed by atoms with Crippen LogP contribution in [0.4, 0.5) is 0 Å². The number of ether oxygens (including phenoxy) is 4. The zero-order chi connectivity index (χ0) is 53.8. The number of hydrogen-bond donors (Lipinski definition) is 0. The summed E-state index contributed by atoms with van der Waals surface area (Å²) in [5, 5.41) is 5.74. The second-order valence-corrected chi connectivity index (χ2v) is 39.9. The summed E-state index contributed by atoms with van der Waals surface area (Å²) >= 11 is 1.71. The first-order valence-electron chi connectivity index (χ1n) is 26.4. The second-order valence-electron chi connectivity index (χ2n) is 24.0. The number of carbonyl (C=O) groups is 1. The average Bonchev–Trinajstić information content (AvgIpc) is 3.64. The summed E-state index contributed by atoms with van der Waals surface area (Å²) in [4.78, 5) is 18.4. The zero-order valence-corrected chi connectivity index (χ0v) is 50.8. The Balaban J connectivity index is 1.55. The Morgan fingerprint density at radius 3 is 1.95 bits per heavy atom. The largest absolute Gasteiger partial charge is 0.493 e. The van der Waals surface area contributed by atoms with Gasteiger partial charge in [-0.2, -0.15) is 0 Å². The Bertz CT molecular complexity index is 2410. The topological polar surface area (TPSA) is 121 Å². The van der Waals surface area contributed by atoms with E-state index in [1.807, 2.05) is 51.1 Å². The van der Waals surface area contributed by atoms with Crippen molar-refractivity contribution in [3.63, 3.8) is 0 Å². The van der Waals surface area contributed by atoms with Crippen LogP contribution in [0, 0.1) is 12.8 Å². The van der Waals surface area contributed by atoms with Gasteiger partial charge >= 0.3 is 5.97 Å². The van der Waals surface area contributed by atoms with Crippen molar-refractivity contribution in [1.82, 2.24) is 0 Å². The van der Waals surface area contributed by atoms with Gasteiger partial charge in [0.1, 0.15) is 11.9 Å². The fourth-order valence-electron chi connectivity index (χ4n) is 9.17. The maximum Gasteiger partial charge on any atom is 0.338 e. The molecule has 1 fully saturated rings. The summed E-state index contributed by atoms with van der Waals surface area (Å²) < 4.78 is 41.7. The first-order valence-corrected chi connectivity index (χ1v) is 35.8. The monoisotopic (exact) mass is 1070 g/mol. The van der Waals surface area contributed by atoms with Crippen LogP contribution in [0.15, 0.2) is 125 Å². The Labute approximate surface area is 446 Å². The van der Waals surface area contributed by atoms with E-state index in [1.54, 1.807) is 11.8 Å². The fourth-order valence-corrected chi connectivity index (χ4v) is 17.2. The SMILES string of the molecule is Cc1ccc(OCCCN=[N+]=[N-])c(C(CC[C@@H]2OC(C)(C)O[C@@H]2C(/C=C\[C@@H](C)[C@H](C)O[Si](c2ccccc2)(c2ccccc2)C(C)(C)C)O[Si](C)(C)C(C)(C)C)Sc2ccccc2)c1C(=O)OCC[Si](C)(C)C. The predicted octanol–water partition coefficient (Wildman–Crippen LogP) is 15.3. The standard InChI is InChI=1S/C59H87N3O7SSi3/c1-43(45(3)68-73(58(7,8)9,47-29-22-18-23-30-47)48-31-24-19-25-32-48)33-36-51(69-72(15,16)57(4,5)6)55-50(66-59(10,11)67-55)37-38-52(70-46-27-20-17-21-28-46)54-49(64-40-26-39-61-62-60)35-34-44(2)53(54)56(63)65-41-42-71(12,13)14/h17-25,27-36,43,45,50-52,55H,26,37-42H2,1-16H3/b36-33-/t43-,45+,50+,51?,52?,55+/m1/s1. The molecule has 0 aromatic heterocycles. The van der Waals surface area contributed by atoms with Crippen LogP contribution in [-0.4, -0.2) is 80.6 Å². The summed E-state index contributed by atoms with van der Waals surface area (Å²) in [7, 11) is -6.72. The lowest BCUT2D eigenvalue weighted by molar-refractivity contribution is -0.152. The first kappa shape index (κ1) is 59.9. The molecule has 14 heteroatoms. The second kappa shape index (κ2) is 25.7. The molecule has 6 atom stereocenters. The van der Waals surface area contributed by atoms with E-state index < -0.39 is 42.7 Å². The smallest absolute Gasteiger partial charge is 0.338 e. The third-order valence-corrected chi connectivity index (χ3v) is 27.0. The Hall–Kier alpha value is -3.96. The molecular weight excluding hydrogens is 979 g/mol. The Morgan fingerprint density at radius 1 is 0.808 bits per heavy atom. The summed E-state index contributed by atoms with van der Waals surface area (Å²) in [6, 6.07) is 36.7. The molecule has 1 aliphatic rings. The van der Waals surface area contributed by atoms with Crippen LogP contribution in [0.1, 0.15) is 115 Å². The van der Waals surface area contributed by atoms with Gasteiger partial charge in [0.2, 0.25) is 0 Å². The summed E-state index contributed by atoms with van der Waals surface area (Å²) in [6.45, 7) is 36.6. The van der Waals surface area contributed by atoms with Crippen molar-refractivity contribution in [3.05, 3.63) is 142 Å². The number of azide groups is 1. The minimum atomic E-state index is -2.83. The Morgan fingerprint density at radius 2 is 1.40 bits per heavy atom. The first-order chi connectivity index (χ1) is 34.2. The van der Waals surface area contributed by atoms with Crippen molar-refractivity contribution in [1.29, 1.82) is 0 Å². The highest BCUT2D eigenvalue weighted by Gasteiger charge is 2.52. The molecule has 0 amide bonds. The minimum absolute atomic E-state index is 0.0166. The molecule has 73 heavy (non-hydrogen) atoms. The Kier molecular flexibility index (Phi) is 21.1.